The summed E-state index contributed by atoms with van der Waals surface area (Å²) >= 11 is 6.45. The van der Waals surface area contributed by atoms with Crippen molar-refractivity contribution in [3.05, 3.63) is 22.8 Å². The predicted octanol–water partition coefficient (Wildman–Crippen LogP) is 2.37. The van der Waals surface area contributed by atoms with Gasteiger partial charge in [-0.1, -0.05) is 18.5 Å². The number of nitrogens with zero attached hydrogens (tertiary/aromatic N) is 3. The summed E-state index contributed by atoms with van der Waals surface area (Å²) in [5, 5.41) is 4.06. The van der Waals surface area contributed by atoms with Gasteiger partial charge in [-0.25, -0.2) is 4.98 Å². The molecule has 0 aliphatic carbocycles. The van der Waals surface area contributed by atoms with E-state index < -0.39 is 0 Å². The average molecular weight is 297 g/mol. The Hall–Kier alpha value is -0.840. The van der Waals surface area contributed by atoms with Gasteiger partial charge < -0.3 is 15.1 Å². The van der Waals surface area contributed by atoms with Gasteiger partial charge in [0, 0.05) is 31.9 Å². The Morgan fingerprint density at radius 2 is 2.25 bits per heavy atom. The highest BCUT2D eigenvalue weighted by atomic mass is 35.5. The van der Waals surface area contributed by atoms with Crippen molar-refractivity contribution in [2.45, 2.75) is 32.9 Å². The first-order chi connectivity index (χ1) is 9.61. The summed E-state index contributed by atoms with van der Waals surface area (Å²) in [6.07, 6.45) is 3.09. The van der Waals surface area contributed by atoms with E-state index >= 15 is 0 Å². The molecular weight excluding hydrogens is 272 g/mol. The molecule has 1 aliphatic heterocycles. The van der Waals surface area contributed by atoms with Crippen LogP contribution in [0.1, 0.15) is 25.8 Å². The van der Waals surface area contributed by atoms with Gasteiger partial charge >= 0.3 is 0 Å². The van der Waals surface area contributed by atoms with Crippen molar-refractivity contribution in [3.63, 3.8) is 0 Å². The number of nitrogens with one attached hydrogen (secondary N) is 1. The summed E-state index contributed by atoms with van der Waals surface area (Å²) in [5.74, 6) is 0.926. The molecule has 0 spiro atoms. The maximum absolute atomic E-state index is 6.45. The van der Waals surface area contributed by atoms with E-state index in [2.05, 4.69) is 41.0 Å². The quantitative estimate of drug-likeness (QED) is 0.924. The largest absolute Gasteiger partial charge is 0.351 e. The lowest BCUT2D eigenvalue weighted by Crippen LogP contribution is -2.38. The number of halogens is 1. The zero-order valence-corrected chi connectivity index (χ0v) is 13.5. The number of hydrogen-bond acceptors (Lipinski definition) is 4. The van der Waals surface area contributed by atoms with Crippen LogP contribution in [0.4, 0.5) is 5.82 Å². The third-order valence-electron chi connectivity index (χ3n) is 3.78. The summed E-state index contributed by atoms with van der Waals surface area (Å²) in [4.78, 5) is 9.32. The van der Waals surface area contributed by atoms with Crippen molar-refractivity contribution < 1.29 is 0 Å². The van der Waals surface area contributed by atoms with Crippen molar-refractivity contribution in [2.75, 3.05) is 38.1 Å². The van der Waals surface area contributed by atoms with E-state index in [9.17, 15) is 0 Å². The molecule has 0 bridgehead atoms. The molecule has 1 atom stereocenters. The monoisotopic (exact) mass is 296 g/mol. The molecule has 0 saturated carbocycles. The third kappa shape index (κ3) is 3.84. The van der Waals surface area contributed by atoms with Crippen molar-refractivity contribution in [1.82, 2.24) is 15.2 Å². The van der Waals surface area contributed by atoms with Crippen LogP contribution >= 0.6 is 11.6 Å². The van der Waals surface area contributed by atoms with Crippen molar-refractivity contribution >= 4 is 17.4 Å². The Morgan fingerprint density at radius 1 is 1.45 bits per heavy atom. The van der Waals surface area contributed by atoms with Crippen molar-refractivity contribution in [2.24, 2.45) is 0 Å². The fourth-order valence-corrected chi connectivity index (χ4v) is 3.03. The Labute approximate surface area is 127 Å². The van der Waals surface area contributed by atoms with E-state index in [-0.39, 0.29) is 0 Å². The molecule has 112 valence electrons. The first-order valence-electron chi connectivity index (χ1n) is 7.42. The molecule has 20 heavy (non-hydrogen) atoms. The fraction of sp³-hybridized carbons (Fsp3) is 0.667. The molecule has 1 unspecified atom stereocenters. The van der Waals surface area contributed by atoms with Gasteiger partial charge in [-0.15, -0.1) is 0 Å². The molecule has 1 N–H and O–H groups in total. The Morgan fingerprint density at radius 3 is 2.95 bits per heavy atom. The molecule has 0 amide bonds. The second kappa shape index (κ2) is 7.25. The van der Waals surface area contributed by atoms with Crippen LogP contribution in [0, 0.1) is 0 Å². The third-order valence-corrected chi connectivity index (χ3v) is 4.05. The van der Waals surface area contributed by atoms with Crippen LogP contribution in [0.3, 0.4) is 0 Å². The van der Waals surface area contributed by atoms with Gasteiger partial charge in [0.25, 0.3) is 0 Å². The molecule has 1 aliphatic rings. The zero-order valence-electron chi connectivity index (χ0n) is 12.7. The minimum atomic E-state index is 0.437. The first-order valence-corrected chi connectivity index (χ1v) is 7.80. The van der Waals surface area contributed by atoms with Crippen LogP contribution in [0.15, 0.2) is 12.3 Å². The standard InChI is InChI=1S/C15H25ClN4/c1-4-17-9-13-8-14(16)15(18-10-13)20-7-5-6-19(3)11-12(20)2/h8,10,12,17H,4-7,9,11H2,1-3H3. The molecule has 5 heteroatoms. The zero-order chi connectivity index (χ0) is 14.5. The highest BCUT2D eigenvalue weighted by molar-refractivity contribution is 6.33. The number of pyridine rings is 1. The lowest BCUT2D eigenvalue weighted by Gasteiger charge is -2.29. The SMILES string of the molecule is CCNCc1cnc(N2CCCN(C)CC2C)c(Cl)c1. The average Bonchev–Trinajstić information content (AvgIpc) is 2.57. The molecule has 2 heterocycles. The topological polar surface area (TPSA) is 31.4 Å². The Bertz CT molecular complexity index is 438. The summed E-state index contributed by atoms with van der Waals surface area (Å²) in [6.45, 7) is 9.32. The van der Waals surface area contributed by atoms with Crippen molar-refractivity contribution in [1.29, 1.82) is 0 Å². The van der Waals surface area contributed by atoms with Gasteiger partial charge in [-0.3, -0.25) is 0 Å². The number of likely N-dealkylation sites (N-methyl/N-ethyl adjacent to an activating group) is 1. The summed E-state index contributed by atoms with van der Waals surface area (Å²) < 4.78 is 0. The van der Waals surface area contributed by atoms with Crippen molar-refractivity contribution in [3.8, 4) is 0 Å². The van der Waals surface area contributed by atoms with Gasteiger partial charge in [-0.2, -0.15) is 0 Å². The summed E-state index contributed by atoms with van der Waals surface area (Å²) in [6, 6.07) is 2.47. The van der Waals surface area contributed by atoms with Crippen LogP contribution in [-0.2, 0) is 6.54 Å². The van der Waals surface area contributed by atoms with E-state index in [0.29, 0.717) is 6.04 Å². The van der Waals surface area contributed by atoms with Gasteiger partial charge in [0.05, 0.1) is 5.02 Å². The van der Waals surface area contributed by atoms with Crippen LogP contribution < -0.4 is 10.2 Å². The molecule has 1 saturated heterocycles. The second-order valence-corrected chi connectivity index (χ2v) is 5.99. The van der Waals surface area contributed by atoms with Crippen LogP contribution in [-0.4, -0.2) is 49.2 Å². The maximum atomic E-state index is 6.45. The summed E-state index contributed by atoms with van der Waals surface area (Å²) in [7, 11) is 2.18. The van der Waals surface area contributed by atoms with E-state index in [1.165, 1.54) is 0 Å². The lowest BCUT2D eigenvalue weighted by atomic mass is 10.2. The Balaban J connectivity index is 2.14. The second-order valence-electron chi connectivity index (χ2n) is 5.59. The molecule has 1 aromatic heterocycles. The number of rotatable bonds is 4. The maximum Gasteiger partial charge on any atom is 0.147 e. The molecule has 0 aromatic carbocycles. The highest BCUT2D eigenvalue weighted by Gasteiger charge is 2.22. The normalized spacial score (nSPS) is 21.0. The van der Waals surface area contributed by atoms with E-state index in [0.717, 1.165) is 55.5 Å². The number of anilines is 1. The Kier molecular flexibility index (Phi) is 5.64. The molecular formula is C15H25ClN4. The minimum Gasteiger partial charge on any atom is -0.351 e. The molecule has 0 radical (unpaired) electrons. The molecule has 2 rings (SSSR count). The van der Waals surface area contributed by atoms with Gasteiger partial charge in [0.1, 0.15) is 5.82 Å². The van der Waals surface area contributed by atoms with Gasteiger partial charge in [-0.05, 0) is 45.1 Å². The highest BCUT2D eigenvalue weighted by Crippen LogP contribution is 2.27. The molecule has 1 aromatic rings. The van der Waals surface area contributed by atoms with E-state index in [1.807, 2.05) is 12.3 Å². The van der Waals surface area contributed by atoms with Crippen LogP contribution in [0.2, 0.25) is 5.02 Å². The lowest BCUT2D eigenvalue weighted by molar-refractivity contribution is 0.337. The van der Waals surface area contributed by atoms with E-state index in [4.69, 9.17) is 11.6 Å². The van der Waals surface area contributed by atoms with Crippen LogP contribution in [0.5, 0.6) is 0 Å². The van der Waals surface area contributed by atoms with Gasteiger partial charge in [0.15, 0.2) is 0 Å². The van der Waals surface area contributed by atoms with E-state index in [1.54, 1.807) is 0 Å². The van der Waals surface area contributed by atoms with Crippen LogP contribution in [0.25, 0.3) is 0 Å². The first kappa shape index (κ1) is 15.5. The number of hydrogen-bond donors (Lipinski definition) is 1. The predicted molar refractivity (Wildman–Crippen MR) is 85.5 cm³/mol. The smallest absolute Gasteiger partial charge is 0.147 e. The molecule has 1 fully saturated rings. The summed E-state index contributed by atoms with van der Waals surface area (Å²) in [5.41, 5.74) is 1.14. The molecule has 4 nitrogen and oxygen atoms in total. The minimum absolute atomic E-state index is 0.437. The number of aromatic nitrogens is 1. The van der Waals surface area contributed by atoms with Gasteiger partial charge in [0.2, 0.25) is 0 Å². The fourth-order valence-electron chi connectivity index (χ4n) is 2.73.